The first-order chi connectivity index (χ1) is 10.5. The molecule has 118 valence electrons. The molecule has 0 bridgehead atoms. The summed E-state index contributed by atoms with van der Waals surface area (Å²) in [5.74, 6) is 0.0951. The van der Waals surface area contributed by atoms with Crippen LogP contribution in [0.5, 0.6) is 0 Å². The first-order valence-corrected chi connectivity index (χ1v) is 6.63. The van der Waals surface area contributed by atoms with Crippen molar-refractivity contribution in [2.75, 3.05) is 12.3 Å². The van der Waals surface area contributed by atoms with E-state index in [-0.39, 0.29) is 12.6 Å². The van der Waals surface area contributed by atoms with Gasteiger partial charge in [-0.3, -0.25) is 14.3 Å². The minimum atomic E-state index is -0.659. The molecule has 11 heteroatoms. The van der Waals surface area contributed by atoms with E-state index >= 15 is 0 Å². The van der Waals surface area contributed by atoms with Crippen LogP contribution < -0.4 is 17.0 Å². The molecule has 0 spiro atoms. The number of ether oxygens (including phenoxy) is 1. The van der Waals surface area contributed by atoms with E-state index in [0.29, 0.717) is 12.0 Å². The van der Waals surface area contributed by atoms with Gasteiger partial charge < -0.3 is 15.6 Å². The van der Waals surface area contributed by atoms with E-state index in [1.807, 2.05) is 0 Å². The van der Waals surface area contributed by atoms with Gasteiger partial charge in [-0.2, -0.15) is 0 Å². The molecule has 0 aliphatic carbocycles. The van der Waals surface area contributed by atoms with Crippen molar-refractivity contribution < 1.29 is 9.84 Å². The van der Waals surface area contributed by atoms with Crippen molar-refractivity contribution in [3.63, 3.8) is 0 Å². The van der Waals surface area contributed by atoms with Gasteiger partial charge in [-0.1, -0.05) is 5.10 Å². The van der Waals surface area contributed by atoms with Crippen LogP contribution in [0.2, 0.25) is 0 Å². The van der Waals surface area contributed by atoms with E-state index in [0.717, 1.165) is 0 Å². The summed E-state index contributed by atoms with van der Waals surface area (Å²) in [6.45, 7) is 1.31. The van der Waals surface area contributed by atoms with Crippen LogP contribution in [0.1, 0.15) is 24.3 Å². The number of aromatic nitrogens is 6. The number of aromatic amines is 1. The van der Waals surface area contributed by atoms with Gasteiger partial charge in [-0.15, -0.1) is 0 Å². The molecule has 0 saturated carbocycles. The molecule has 1 fully saturated rings. The molecule has 0 aromatic carbocycles. The fourth-order valence-electron chi connectivity index (χ4n) is 2.54. The molecular weight excluding hydrogens is 294 g/mol. The van der Waals surface area contributed by atoms with Crippen LogP contribution in [0.25, 0.3) is 0 Å². The topological polar surface area (TPSA) is 154 Å². The van der Waals surface area contributed by atoms with E-state index in [1.54, 1.807) is 6.92 Å². The summed E-state index contributed by atoms with van der Waals surface area (Å²) in [4.78, 5) is 25.6. The molecular formula is C11H15N7O4. The summed E-state index contributed by atoms with van der Waals surface area (Å²) in [5.41, 5.74) is 5.03. The van der Waals surface area contributed by atoms with E-state index in [1.165, 1.54) is 15.4 Å². The Morgan fingerprint density at radius 1 is 1.55 bits per heavy atom. The average Bonchev–Trinajstić information content (AvgIpc) is 3.08. The fraction of sp³-hybridized carbons (Fsp3) is 0.545. The normalized spacial score (nSPS) is 24.7. The SMILES string of the molecule is Cc1cn([C@H]2C[C@H](n3nnnc3N)[C@@H](CO)O2)c(=O)[nH]c1=O. The number of tetrazole rings is 1. The summed E-state index contributed by atoms with van der Waals surface area (Å²) in [6.07, 6.45) is 0.473. The van der Waals surface area contributed by atoms with Crippen LogP contribution in [0, 0.1) is 6.92 Å². The second-order valence-corrected chi connectivity index (χ2v) is 5.08. The van der Waals surface area contributed by atoms with Crippen molar-refractivity contribution >= 4 is 5.95 Å². The van der Waals surface area contributed by atoms with Crippen molar-refractivity contribution in [2.45, 2.75) is 31.7 Å². The Kier molecular flexibility index (Phi) is 3.50. The highest BCUT2D eigenvalue weighted by Gasteiger charge is 2.39. The van der Waals surface area contributed by atoms with E-state index in [9.17, 15) is 14.7 Å². The van der Waals surface area contributed by atoms with E-state index < -0.39 is 29.6 Å². The number of nitrogens with one attached hydrogen (secondary N) is 1. The summed E-state index contributed by atoms with van der Waals surface area (Å²) < 4.78 is 8.31. The highest BCUT2D eigenvalue weighted by atomic mass is 16.5. The first-order valence-electron chi connectivity index (χ1n) is 6.63. The van der Waals surface area contributed by atoms with Crippen LogP contribution in [-0.4, -0.2) is 47.6 Å². The van der Waals surface area contributed by atoms with Crippen molar-refractivity contribution in [3.05, 3.63) is 32.6 Å². The Hall–Kier alpha value is -2.53. The number of aliphatic hydroxyl groups excluding tert-OH is 1. The fourth-order valence-corrected chi connectivity index (χ4v) is 2.54. The Labute approximate surface area is 123 Å². The number of rotatable bonds is 3. The van der Waals surface area contributed by atoms with Gasteiger partial charge in [0.2, 0.25) is 5.95 Å². The lowest BCUT2D eigenvalue weighted by Crippen LogP contribution is -2.33. The minimum absolute atomic E-state index is 0.0951. The lowest BCUT2D eigenvalue weighted by atomic mass is 10.1. The number of H-pyrrole nitrogens is 1. The van der Waals surface area contributed by atoms with Crippen LogP contribution in [0.3, 0.4) is 0 Å². The molecule has 1 aliphatic heterocycles. The van der Waals surface area contributed by atoms with Gasteiger partial charge >= 0.3 is 5.69 Å². The van der Waals surface area contributed by atoms with Gasteiger partial charge in [0.25, 0.3) is 5.56 Å². The first kappa shape index (κ1) is 14.4. The van der Waals surface area contributed by atoms with Gasteiger partial charge in [-0.25, -0.2) is 9.48 Å². The molecule has 1 aliphatic rings. The van der Waals surface area contributed by atoms with Crippen LogP contribution in [0.4, 0.5) is 5.95 Å². The van der Waals surface area contributed by atoms with Gasteiger partial charge in [0.05, 0.1) is 12.6 Å². The standard InChI is InChI=1S/C11H15N7O4/c1-5-3-17(11(21)13-9(5)20)8-2-6(7(4-19)22-8)18-10(12)14-15-16-18/h3,6-8,19H,2,4H2,1H3,(H2,12,14,16)(H,13,20,21)/t6-,7+,8+/m0/s1. The number of nitrogens with two attached hydrogens (primary N) is 1. The summed E-state index contributed by atoms with van der Waals surface area (Å²) in [7, 11) is 0. The van der Waals surface area contributed by atoms with Crippen LogP contribution >= 0.6 is 0 Å². The maximum absolute atomic E-state index is 11.9. The molecule has 3 rings (SSSR count). The zero-order chi connectivity index (χ0) is 15.9. The Balaban J connectivity index is 1.95. The molecule has 1 saturated heterocycles. The number of nitrogen functional groups attached to an aromatic ring is 1. The van der Waals surface area contributed by atoms with E-state index in [2.05, 4.69) is 20.5 Å². The van der Waals surface area contributed by atoms with Crippen molar-refractivity contribution in [1.29, 1.82) is 0 Å². The zero-order valence-electron chi connectivity index (χ0n) is 11.7. The Morgan fingerprint density at radius 3 is 2.95 bits per heavy atom. The third-order valence-electron chi connectivity index (χ3n) is 3.67. The molecule has 2 aromatic heterocycles. The molecule has 0 unspecified atom stereocenters. The zero-order valence-corrected chi connectivity index (χ0v) is 11.7. The van der Waals surface area contributed by atoms with Crippen LogP contribution in [0.15, 0.2) is 15.8 Å². The number of hydrogen-bond acceptors (Lipinski definition) is 8. The Bertz CT molecular complexity index is 794. The lowest BCUT2D eigenvalue weighted by molar-refractivity contribution is -0.0322. The predicted molar refractivity (Wildman–Crippen MR) is 72.9 cm³/mol. The Morgan fingerprint density at radius 2 is 2.32 bits per heavy atom. The van der Waals surface area contributed by atoms with Gasteiger partial charge in [0, 0.05) is 18.2 Å². The number of nitrogens with zero attached hydrogens (tertiary/aromatic N) is 5. The highest BCUT2D eigenvalue weighted by molar-refractivity contribution is 5.13. The molecule has 2 aromatic rings. The summed E-state index contributed by atoms with van der Waals surface area (Å²) >= 11 is 0. The highest BCUT2D eigenvalue weighted by Crippen LogP contribution is 2.36. The van der Waals surface area contributed by atoms with E-state index in [4.69, 9.17) is 10.5 Å². The average molecular weight is 309 g/mol. The number of aliphatic hydroxyl groups is 1. The monoisotopic (exact) mass is 309 g/mol. The molecule has 0 radical (unpaired) electrons. The largest absolute Gasteiger partial charge is 0.394 e. The second kappa shape index (κ2) is 5.35. The smallest absolute Gasteiger partial charge is 0.330 e. The van der Waals surface area contributed by atoms with Crippen molar-refractivity contribution in [2.24, 2.45) is 0 Å². The number of hydrogen-bond donors (Lipinski definition) is 3. The predicted octanol–water partition coefficient (Wildman–Crippen LogP) is -2.07. The lowest BCUT2D eigenvalue weighted by Gasteiger charge is -2.15. The van der Waals surface area contributed by atoms with Crippen molar-refractivity contribution in [3.8, 4) is 0 Å². The molecule has 22 heavy (non-hydrogen) atoms. The third kappa shape index (κ3) is 2.29. The molecule has 3 atom stereocenters. The molecule has 3 heterocycles. The minimum Gasteiger partial charge on any atom is -0.394 e. The quantitative estimate of drug-likeness (QED) is 0.584. The van der Waals surface area contributed by atoms with Crippen LogP contribution in [-0.2, 0) is 4.74 Å². The third-order valence-corrected chi connectivity index (χ3v) is 3.67. The van der Waals surface area contributed by atoms with Crippen molar-refractivity contribution in [1.82, 2.24) is 29.8 Å². The van der Waals surface area contributed by atoms with Gasteiger partial charge in [0.1, 0.15) is 12.3 Å². The maximum Gasteiger partial charge on any atom is 0.330 e. The van der Waals surface area contributed by atoms with Gasteiger partial charge in [0.15, 0.2) is 0 Å². The maximum atomic E-state index is 11.9. The summed E-state index contributed by atoms with van der Waals surface area (Å²) in [6, 6.07) is -0.413. The molecule has 0 amide bonds. The molecule has 4 N–H and O–H groups in total. The number of aryl methyl sites for hydroxylation is 1. The second-order valence-electron chi connectivity index (χ2n) is 5.08. The van der Waals surface area contributed by atoms with Gasteiger partial charge in [-0.05, 0) is 17.4 Å². The summed E-state index contributed by atoms with van der Waals surface area (Å²) in [5, 5.41) is 20.3. The number of anilines is 1. The molecule has 11 nitrogen and oxygen atoms in total.